The standard InChI is InChI=1S/C8H14N4O/c9-7-1-3-11-8(10,12-7)6-2-4-13-5-6/h1,3,6,11H,2,4-5,10H2,(H2,9,12)/t6?,8-/m1/s1. The fourth-order valence-corrected chi connectivity index (χ4v) is 1.63. The van der Waals surface area contributed by atoms with Gasteiger partial charge in [-0.3, -0.25) is 5.73 Å². The van der Waals surface area contributed by atoms with Crippen molar-refractivity contribution in [1.29, 1.82) is 0 Å². The van der Waals surface area contributed by atoms with Crippen molar-refractivity contribution in [3.63, 3.8) is 0 Å². The predicted octanol–water partition coefficient (Wildman–Crippen LogP) is -0.891. The van der Waals surface area contributed by atoms with Gasteiger partial charge in [0.1, 0.15) is 5.84 Å². The van der Waals surface area contributed by atoms with Crippen molar-refractivity contribution in [3.8, 4) is 0 Å². The van der Waals surface area contributed by atoms with Crippen molar-refractivity contribution < 1.29 is 4.74 Å². The Morgan fingerprint density at radius 2 is 2.54 bits per heavy atom. The van der Waals surface area contributed by atoms with Crippen LogP contribution in [-0.2, 0) is 4.74 Å². The lowest BCUT2D eigenvalue weighted by atomic mass is 10.00. The molecule has 2 aliphatic heterocycles. The fraction of sp³-hybridized carbons (Fsp3) is 0.625. The minimum Gasteiger partial charge on any atom is -0.384 e. The molecular weight excluding hydrogens is 168 g/mol. The largest absolute Gasteiger partial charge is 0.384 e. The number of nitrogens with two attached hydrogens (primary N) is 2. The molecule has 2 rings (SSSR count). The Bertz CT molecular complexity index is 257. The Morgan fingerprint density at radius 3 is 3.15 bits per heavy atom. The highest BCUT2D eigenvalue weighted by Crippen LogP contribution is 2.24. The van der Waals surface area contributed by atoms with E-state index in [4.69, 9.17) is 16.2 Å². The van der Waals surface area contributed by atoms with Gasteiger partial charge in [0, 0.05) is 18.7 Å². The number of amidine groups is 1. The third kappa shape index (κ3) is 1.52. The van der Waals surface area contributed by atoms with E-state index in [1.165, 1.54) is 0 Å². The lowest BCUT2D eigenvalue weighted by Crippen LogP contribution is -2.58. The van der Waals surface area contributed by atoms with Crippen molar-refractivity contribution in [2.75, 3.05) is 13.2 Å². The first-order valence-electron chi connectivity index (χ1n) is 4.37. The van der Waals surface area contributed by atoms with Crippen LogP contribution in [0.3, 0.4) is 0 Å². The van der Waals surface area contributed by atoms with Gasteiger partial charge in [-0.05, 0) is 12.5 Å². The van der Waals surface area contributed by atoms with Crippen molar-refractivity contribution in [2.24, 2.45) is 22.4 Å². The first-order chi connectivity index (χ1) is 6.21. The molecule has 0 aromatic carbocycles. The van der Waals surface area contributed by atoms with E-state index in [0.29, 0.717) is 12.4 Å². The molecule has 0 spiro atoms. The highest BCUT2D eigenvalue weighted by atomic mass is 16.5. The zero-order valence-corrected chi connectivity index (χ0v) is 7.36. The second-order valence-corrected chi connectivity index (χ2v) is 3.40. The van der Waals surface area contributed by atoms with Crippen LogP contribution in [0.25, 0.3) is 0 Å². The Labute approximate surface area is 76.8 Å². The zero-order chi connectivity index (χ0) is 9.31. The molecule has 5 N–H and O–H groups in total. The Balaban J connectivity index is 2.15. The highest BCUT2D eigenvalue weighted by molar-refractivity contribution is 5.92. The monoisotopic (exact) mass is 182 g/mol. The van der Waals surface area contributed by atoms with Gasteiger partial charge in [0.05, 0.1) is 6.61 Å². The molecule has 13 heavy (non-hydrogen) atoms. The Kier molecular flexibility index (Phi) is 1.97. The quantitative estimate of drug-likeness (QED) is 0.491. The minimum absolute atomic E-state index is 0.205. The van der Waals surface area contributed by atoms with E-state index in [9.17, 15) is 0 Å². The molecule has 72 valence electrons. The topological polar surface area (TPSA) is 85.7 Å². The molecule has 1 saturated heterocycles. The van der Waals surface area contributed by atoms with Gasteiger partial charge < -0.3 is 15.8 Å². The first-order valence-corrected chi connectivity index (χ1v) is 4.37. The molecule has 1 fully saturated rings. The highest BCUT2D eigenvalue weighted by Gasteiger charge is 2.37. The number of ether oxygens (including phenoxy) is 1. The summed E-state index contributed by atoms with van der Waals surface area (Å²) in [5, 5.41) is 3.02. The summed E-state index contributed by atoms with van der Waals surface area (Å²) in [4.78, 5) is 4.19. The lowest BCUT2D eigenvalue weighted by Gasteiger charge is -2.32. The van der Waals surface area contributed by atoms with E-state index in [2.05, 4.69) is 10.3 Å². The molecular formula is C8H14N4O. The van der Waals surface area contributed by atoms with Gasteiger partial charge in [0.15, 0.2) is 5.79 Å². The molecule has 2 aliphatic rings. The van der Waals surface area contributed by atoms with Crippen molar-refractivity contribution in [3.05, 3.63) is 12.3 Å². The maximum Gasteiger partial charge on any atom is 0.189 e. The van der Waals surface area contributed by atoms with Crippen LogP contribution in [0.4, 0.5) is 0 Å². The molecule has 0 radical (unpaired) electrons. The molecule has 5 heteroatoms. The predicted molar refractivity (Wildman–Crippen MR) is 49.7 cm³/mol. The van der Waals surface area contributed by atoms with Crippen LogP contribution in [0.15, 0.2) is 17.3 Å². The Morgan fingerprint density at radius 1 is 1.69 bits per heavy atom. The van der Waals surface area contributed by atoms with Crippen LogP contribution in [0.2, 0.25) is 0 Å². The van der Waals surface area contributed by atoms with Crippen LogP contribution in [0.5, 0.6) is 0 Å². The minimum atomic E-state index is -0.769. The molecule has 2 atom stereocenters. The van der Waals surface area contributed by atoms with Crippen molar-refractivity contribution in [2.45, 2.75) is 12.2 Å². The first kappa shape index (κ1) is 8.52. The summed E-state index contributed by atoms with van der Waals surface area (Å²) < 4.78 is 5.26. The second kappa shape index (κ2) is 3.01. The van der Waals surface area contributed by atoms with Crippen LogP contribution >= 0.6 is 0 Å². The van der Waals surface area contributed by atoms with E-state index in [0.717, 1.165) is 13.0 Å². The SMILES string of the molecule is NC1=N[C@@](N)(C2CCOC2)NC=C1. The van der Waals surface area contributed by atoms with Crippen molar-refractivity contribution in [1.82, 2.24) is 5.32 Å². The number of nitrogens with zero attached hydrogens (tertiary/aromatic N) is 1. The van der Waals surface area contributed by atoms with Gasteiger partial charge >= 0.3 is 0 Å². The summed E-state index contributed by atoms with van der Waals surface area (Å²) in [5.74, 6) is -0.0980. The molecule has 0 saturated carbocycles. The molecule has 0 aromatic rings. The number of nitrogens with one attached hydrogen (secondary N) is 1. The normalized spacial score (nSPS) is 38.5. The van der Waals surface area contributed by atoms with Crippen LogP contribution in [-0.4, -0.2) is 24.8 Å². The van der Waals surface area contributed by atoms with E-state index < -0.39 is 5.79 Å². The molecule has 1 unspecified atom stereocenters. The smallest absolute Gasteiger partial charge is 0.189 e. The maximum atomic E-state index is 6.04. The number of hydrogen-bond donors (Lipinski definition) is 3. The average Bonchev–Trinajstić information content (AvgIpc) is 2.55. The molecule has 0 bridgehead atoms. The average molecular weight is 182 g/mol. The number of rotatable bonds is 1. The fourth-order valence-electron chi connectivity index (χ4n) is 1.63. The van der Waals surface area contributed by atoms with E-state index >= 15 is 0 Å². The lowest BCUT2D eigenvalue weighted by molar-refractivity contribution is 0.156. The van der Waals surface area contributed by atoms with Crippen LogP contribution < -0.4 is 16.8 Å². The van der Waals surface area contributed by atoms with Gasteiger partial charge in [-0.2, -0.15) is 0 Å². The summed E-state index contributed by atoms with van der Waals surface area (Å²) >= 11 is 0. The van der Waals surface area contributed by atoms with Gasteiger partial charge in [-0.15, -0.1) is 0 Å². The Hall–Kier alpha value is -1.07. The van der Waals surface area contributed by atoms with Crippen LogP contribution in [0.1, 0.15) is 6.42 Å². The zero-order valence-electron chi connectivity index (χ0n) is 7.36. The van der Waals surface area contributed by atoms with E-state index in [1.54, 1.807) is 12.3 Å². The third-order valence-electron chi connectivity index (χ3n) is 2.43. The molecule has 2 heterocycles. The van der Waals surface area contributed by atoms with Gasteiger partial charge in [-0.1, -0.05) is 0 Å². The summed E-state index contributed by atoms with van der Waals surface area (Å²) in [6, 6.07) is 0. The van der Waals surface area contributed by atoms with Gasteiger partial charge in [0.2, 0.25) is 0 Å². The molecule has 0 aliphatic carbocycles. The number of aliphatic imine (C=N–C) groups is 1. The van der Waals surface area contributed by atoms with E-state index in [1.807, 2.05) is 0 Å². The maximum absolute atomic E-state index is 6.04. The molecule has 0 amide bonds. The number of hydrogen-bond acceptors (Lipinski definition) is 5. The van der Waals surface area contributed by atoms with Crippen LogP contribution in [0, 0.1) is 5.92 Å². The van der Waals surface area contributed by atoms with Gasteiger partial charge in [0.25, 0.3) is 0 Å². The summed E-state index contributed by atoms with van der Waals surface area (Å²) in [6.45, 7) is 1.40. The molecule has 0 aromatic heterocycles. The van der Waals surface area contributed by atoms with Gasteiger partial charge in [-0.25, -0.2) is 4.99 Å². The summed E-state index contributed by atoms with van der Waals surface area (Å²) in [5.41, 5.74) is 11.6. The second-order valence-electron chi connectivity index (χ2n) is 3.40. The molecule has 5 nitrogen and oxygen atoms in total. The van der Waals surface area contributed by atoms with E-state index in [-0.39, 0.29) is 5.92 Å². The summed E-state index contributed by atoms with van der Waals surface area (Å²) in [7, 11) is 0. The third-order valence-corrected chi connectivity index (χ3v) is 2.43. The van der Waals surface area contributed by atoms with Crippen molar-refractivity contribution >= 4 is 5.84 Å². The summed E-state index contributed by atoms with van der Waals surface area (Å²) in [6.07, 6.45) is 4.36.